The number of amides is 1. The van der Waals surface area contributed by atoms with Gasteiger partial charge in [0.05, 0.1) is 17.2 Å². The number of hydrogen-bond donors (Lipinski definition) is 1. The van der Waals surface area contributed by atoms with Crippen molar-refractivity contribution in [2.24, 2.45) is 11.3 Å². The molecule has 0 saturated carbocycles. The predicted molar refractivity (Wildman–Crippen MR) is 93.7 cm³/mol. The minimum absolute atomic E-state index is 0.166. The lowest BCUT2D eigenvalue weighted by molar-refractivity contribution is 0.0941. The molecule has 1 aliphatic carbocycles. The highest BCUT2D eigenvalue weighted by molar-refractivity contribution is 9.10. The minimum atomic E-state index is -0.166. The molecule has 6 nitrogen and oxygen atoms in total. The molecule has 7 heteroatoms. The van der Waals surface area contributed by atoms with Gasteiger partial charge in [0, 0.05) is 24.7 Å². The van der Waals surface area contributed by atoms with Gasteiger partial charge in [0.2, 0.25) is 0 Å². The summed E-state index contributed by atoms with van der Waals surface area (Å²) in [6.07, 6.45) is 6.40. The van der Waals surface area contributed by atoms with Crippen LogP contribution in [-0.2, 0) is 19.4 Å². The first-order valence-corrected chi connectivity index (χ1v) is 9.07. The van der Waals surface area contributed by atoms with E-state index >= 15 is 0 Å². The molecule has 2 heterocycles. The van der Waals surface area contributed by atoms with Crippen molar-refractivity contribution in [3.8, 4) is 0 Å². The van der Waals surface area contributed by atoms with E-state index in [1.165, 1.54) is 0 Å². The van der Waals surface area contributed by atoms with Gasteiger partial charge in [0.25, 0.3) is 5.91 Å². The molecule has 0 unspecified atom stereocenters. The van der Waals surface area contributed by atoms with Crippen LogP contribution in [0.15, 0.2) is 21.4 Å². The number of aryl methyl sites for hydroxylation is 1. The quantitative estimate of drug-likeness (QED) is 0.863. The largest absolute Gasteiger partial charge is 0.360 e. The van der Waals surface area contributed by atoms with Crippen LogP contribution >= 0.6 is 15.9 Å². The SMILES string of the molecule is CC(C)(C)[C@H]1CCc2onc(C(=O)NCCn3cc(Br)cn3)c2C1. The third-order valence-corrected chi connectivity index (χ3v) is 5.12. The van der Waals surface area contributed by atoms with E-state index in [4.69, 9.17) is 4.52 Å². The normalized spacial score (nSPS) is 17.6. The second kappa shape index (κ2) is 6.70. The summed E-state index contributed by atoms with van der Waals surface area (Å²) in [5.41, 5.74) is 1.65. The van der Waals surface area contributed by atoms with Gasteiger partial charge >= 0.3 is 0 Å². The van der Waals surface area contributed by atoms with Crippen LogP contribution in [-0.4, -0.2) is 27.4 Å². The van der Waals surface area contributed by atoms with E-state index in [-0.39, 0.29) is 11.3 Å². The van der Waals surface area contributed by atoms with Crippen LogP contribution in [0.25, 0.3) is 0 Å². The number of halogens is 1. The number of rotatable bonds is 4. The number of nitrogens with zero attached hydrogens (tertiary/aromatic N) is 3. The summed E-state index contributed by atoms with van der Waals surface area (Å²) in [7, 11) is 0. The Morgan fingerprint density at radius 3 is 2.96 bits per heavy atom. The van der Waals surface area contributed by atoms with E-state index in [0.717, 1.165) is 35.1 Å². The summed E-state index contributed by atoms with van der Waals surface area (Å²) in [5.74, 6) is 1.25. The van der Waals surface area contributed by atoms with Crippen molar-refractivity contribution in [1.29, 1.82) is 0 Å². The molecule has 130 valence electrons. The zero-order chi connectivity index (χ0) is 17.3. The van der Waals surface area contributed by atoms with Gasteiger partial charge in [-0.2, -0.15) is 5.10 Å². The summed E-state index contributed by atoms with van der Waals surface area (Å²) >= 11 is 3.35. The van der Waals surface area contributed by atoms with Crippen molar-refractivity contribution < 1.29 is 9.32 Å². The summed E-state index contributed by atoms with van der Waals surface area (Å²) in [6, 6.07) is 0. The maximum absolute atomic E-state index is 12.5. The first kappa shape index (κ1) is 17.2. The molecule has 1 aliphatic rings. The number of nitrogens with one attached hydrogen (secondary N) is 1. The highest BCUT2D eigenvalue weighted by Crippen LogP contribution is 2.38. The van der Waals surface area contributed by atoms with Crippen LogP contribution < -0.4 is 5.32 Å². The summed E-state index contributed by atoms with van der Waals surface area (Å²) in [5, 5.41) is 11.1. The minimum Gasteiger partial charge on any atom is -0.360 e. The van der Waals surface area contributed by atoms with E-state index in [0.29, 0.717) is 24.7 Å². The number of aromatic nitrogens is 3. The average Bonchev–Trinajstić information content (AvgIpc) is 3.11. The van der Waals surface area contributed by atoms with E-state index in [1.54, 1.807) is 10.9 Å². The van der Waals surface area contributed by atoms with Crippen molar-refractivity contribution in [2.45, 2.75) is 46.6 Å². The zero-order valence-electron chi connectivity index (χ0n) is 14.3. The van der Waals surface area contributed by atoms with Gasteiger partial charge in [-0.25, -0.2) is 0 Å². The molecule has 0 saturated heterocycles. The Morgan fingerprint density at radius 1 is 1.50 bits per heavy atom. The highest BCUT2D eigenvalue weighted by Gasteiger charge is 2.34. The Bertz CT molecular complexity index is 729. The van der Waals surface area contributed by atoms with E-state index in [1.807, 2.05) is 6.20 Å². The number of hydrogen-bond acceptors (Lipinski definition) is 4. The van der Waals surface area contributed by atoms with Crippen molar-refractivity contribution in [1.82, 2.24) is 20.3 Å². The lowest BCUT2D eigenvalue weighted by Crippen LogP contribution is -2.31. The molecule has 24 heavy (non-hydrogen) atoms. The monoisotopic (exact) mass is 394 g/mol. The van der Waals surface area contributed by atoms with E-state index < -0.39 is 0 Å². The molecule has 1 atom stereocenters. The molecule has 2 aromatic heterocycles. The molecule has 0 radical (unpaired) electrons. The second-order valence-corrected chi connectivity index (χ2v) is 8.33. The molecular weight excluding hydrogens is 372 g/mol. The molecule has 0 fully saturated rings. The topological polar surface area (TPSA) is 73.0 Å². The van der Waals surface area contributed by atoms with Crippen LogP contribution in [0, 0.1) is 11.3 Å². The van der Waals surface area contributed by atoms with Crippen molar-refractivity contribution in [3.05, 3.63) is 33.9 Å². The number of carbonyl (C=O) groups excluding carboxylic acids is 1. The van der Waals surface area contributed by atoms with Gasteiger partial charge in [0.1, 0.15) is 5.76 Å². The van der Waals surface area contributed by atoms with Gasteiger partial charge in [-0.15, -0.1) is 0 Å². The van der Waals surface area contributed by atoms with E-state index in [2.05, 4.69) is 52.3 Å². The van der Waals surface area contributed by atoms with E-state index in [9.17, 15) is 4.79 Å². The summed E-state index contributed by atoms with van der Waals surface area (Å²) in [6.45, 7) is 7.85. The first-order chi connectivity index (χ1) is 11.3. The molecule has 2 aromatic rings. The molecule has 3 rings (SSSR count). The first-order valence-electron chi connectivity index (χ1n) is 8.28. The molecule has 0 aromatic carbocycles. The average molecular weight is 395 g/mol. The van der Waals surface area contributed by atoms with Gasteiger partial charge in [-0.1, -0.05) is 25.9 Å². The van der Waals surface area contributed by atoms with Crippen LogP contribution in [0.2, 0.25) is 0 Å². The maximum Gasteiger partial charge on any atom is 0.273 e. The van der Waals surface area contributed by atoms with Crippen LogP contribution in [0.1, 0.15) is 49.0 Å². The fourth-order valence-electron chi connectivity index (χ4n) is 3.15. The third kappa shape index (κ3) is 3.71. The van der Waals surface area contributed by atoms with Crippen molar-refractivity contribution in [2.75, 3.05) is 6.54 Å². The lowest BCUT2D eigenvalue weighted by Gasteiger charge is -2.33. The summed E-state index contributed by atoms with van der Waals surface area (Å²) in [4.78, 5) is 12.5. The van der Waals surface area contributed by atoms with Crippen LogP contribution in [0.5, 0.6) is 0 Å². The standard InChI is InChI=1S/C17H23BrN4O2/c1-17(2,3)11-4-5-14-13(8-11)15(21-24-14)16(23)19-6-7-22-10-12(18)9-20-22/h9-11H,4-8H2,1-3H3,(H,19,23)/t11-/m0/s1. The van der Waals surface area contributed by atoms with Crippen LogP contribution in [0.3, 0.4) is 0 Å². The molecule has 0 bridgehead atoms. The number of fused-ring (bicyclic) bond motifs is 1. The molecule has 0 spiro atoms. The van der Waals surface area contributed by atoms with Crippen molar-refractivity contribution >= 4 is 21.8 Å². The van der Waals surface area contributed by atoms with Gasteiger partial charge in [-0.05, 0) is 40.1 Å². The predicted octanol–water partition coefficient (Wildman–Crippen LogP) is 3.21. The Morgan fingerprint density at radius 2 is 2.29 bits per heavy atom. The third-order valence-electron chi connectivity index (χ3n) is 4.71. The van der Waals surface area contributed by atoms with Gasteiger partial charge < -0.3 is 9.84 Å². The second-order valence-electron chi connectivity index (χ2n) is 7.42. The molecule has 0 aliphatic heterocycles. The van der Waals surface area contributed by atoms with Gasteiger partial charge in [-0.3, -0.25) is 9.48 Å². The van der Waals surface area contributed by atoms with Crippen LogP contribution in [0.4, 0.5) is 0 Å². The zero-order valence-corrected chi connectivity index (χ0v) is 15.9. The fraction of sp³-hybridized carbons (Fsp3) is 0.588. The Labute approximate surface area is 150 Å². The molecule has 1 N–H and O–H groups in total. The smallest absolute Gasteiger partial charge is 0.273 e. The fourth-order valence-corrected chi connectivity index (χ4v) is 3.48. The summed E-state index contributed by atoms with van der Waals surface area (Å²) < 4.78 is 8.10. The molecule has 1 amide bonds. The lowest BCUT2D eigenvalue weighted by atomic mass is 9.71. The maximum atomic E-state index is 12.5. The highest BCUT2D eigenvalue weighted by atomic mass is 79.9. The Balaban J connectivity index is 1.63. The van der Waals surface area contributed by atoms with Gasteiger partial charge in [0.15, 0.2) is 5.69 Å². The Hall–Kier alpha value is -1.63. The number of carbonyl (C=O) groups is 1. The Kier molecular flexibility index (Phi) is 4.80. The van der Waals surface area contributed by atoms with Crippen molar-refractivity contribution in [3.63, 3.8) is 0 Å². The molecular formula is C17H23BrN4O2.